The molecular formula is C24H24BrN5O4. The number of carbonyl (C=O) groups is 1. The summed E-state index contributed by atoms with van der Waals surface area (Å²) < 4.78 is 7.68. The Bertz CT molecular complexity index is 1420. The van der Waals surface area contributed by atoms with Crippen LogP contribution in [0.1, 0.15) is 36.1 Å². The highest BCUT2D eigenvalue weighted by atomic mass is 79.9. The Balaban J connectivity index is 1.28. The normalized spacial score (nSPS) is 18.9. The van der Waals surface area contributed by atoms with E-state index in [1.165, 1.54) is 0 Å². The molecule has 2 aromatic heterocycles. The first-order valence-corrected chi connectivity index (χ1v) is 11.9. The van der Waals surface area contributed by atoms with Gasteiger partial charge in [-0.2, -0.15) is 0 Å². The van der Waals surface area contributed by atoms with E-state index in [2.05, 4.69) is 31.2 Å². The van der Waals surface area contributed by atoms with Crippen LogP contribution in [0.15, 0.2) is 56.3 Å². The summed E-state index contributed by atoms with van der Waals surface area (Å²) in [5.74, 6) is -0.541. The Labute approximate surface area is 203 Å². The summed E-state index contributed by atoms with van der Waals surface area (Å²) in [4.78, 5) is 28.7. The summed E-state index contributed by atoms with van der Waals surface area (Å²) >= 11 is 3.47. The number of carbonyl (C=O) groups excluding carboxylic acids is 1. The Morgan fingerprint density at radius 2 is 2.09 bits per heavy atom. The number of amides is 1. The molecule has 4 aromatic rings. The fraction of sp³-hybridized carbons (Fsp3) is 0.333. The van der Waals surface area contributed by atoms with E-state index in [4.69, 9.17) is 4.42 Å². The van der Waals surface area contributed by atoms with Crippen LogP contribution in [0.3, 0.4) is 0 Å². The lowest BCUT2D eigenvalue weighted by molar-refractivity contribution is -0.130. The van der Waals surface area contributed by atoms with Crippen LogP contribution in [0.25, 0.3) is 16.8 Å². The number of halogens is 1. The number of benzene rings is 2. The fourth-order valence-corrected chi connectivity index (χ4v) is 4.97. The largest absolute Gasteiger partial charge is 0.417 e. The molecule has 10 heteroatoms. The second-order valence-electron chi connectivity index (χ2n) is 8.77. The minimum absolute atomic E-state index is 0.0245. The summed E-state index contributed by atoms with van der Waals surface area (Å²) in [5.41, 5.74) is 3.13. The molecule has 1 fully saturated rings. The van der Waals surface area contributed by atoms with Crippen molar-refractivity contribution < 1.29 is 14.3 Å². The standard InChI is InChI=1S/C24H24BrN5O4/c1-15-11-17(25)4-5-19(15)30-14-21(27-28-30)24(33)7-2-9-29(10-8-24)22(31)13-16-3-6-20-18(12-16)26-23(32)34-20/h3-6,11-12,14,33H,2,7-10,13H2,1H3,(H,26,32). The van der Waals surface area contributed by atoms with E-state index in [1.54, 1.807) is 34.0 Å². The molecule has 34 heavy (non-hydrogen) atoms. The summed E-state index contributed by atoms with van der Waals surface area (Å²) in [6.07, 6.45) is 3.51. The Morgan fingerprint density at radius 3 is 2.91 bits per heavy atom. The molecule has 1 aliphatic heterocycles. The van der Waals surface area contributed by atoms with Gasteiger partial charge in [0.2, 0.25) is 5.91 Å². The van der Waals surface area contributed by atoms with Crippen molar-refractivity contribution in [1.82, 2.24) is 24.9 Å². The highest BCUT2D eigenvalue weighted by Gasteiger charge is 2.36. The Morgan fingerprint density at radius 1 is 1.24 bits per heavy atom. The number of oxazole rings is 1. The van der Waals surface area contributed by atoms with E-state index < -0.39 is 11.4 Å². The number of nitrogens with one attached hydrogen (secondary N) is 1. The maximum Gasteiger partial charge on any atom is 0.417 e. The average Bonchev–Trinajstić information content (AvgIpc) is 3.37. The number of aromatic amines is 1. The van der Waals surface area contributed by atoms with Gasteiger partial charge in [-0.25, -0.2) is 9.48 Å². The van der Waals surface area contributed by atoms with E-state index in [0.29, 0.717) is 49.1 Å². The first kappa shape index (κ1) is 22.5. The van der Waals surface area contributed by atoms with Crippen molar-refractivity contribution in [3.63, 3.8) is 0 Å². The van der Waals surface area contributed by atoms with Gasteiger partial charge in [-0.3, -0.25) is 9.78 Å². The van der Waals surface area contributed by atoms with E-state index >= 15 is 0 Å². The highest BCUT2D eigenvalue weighted by molar-refractivity contribution is 9.10. The molecule has 3 heterocycles. The van der Waals surface area contributed by atoms with Crippen LogP contribution in [-0.2, 0) is 16.8 Å². The summed E-state index contributed by atoms with van der Waals surface area (Å²) in [5, 5.41) is 19.9. The third-order valence-electron chi connectivity index (χ3n) is 6.38. The third-order valence-corrected chi connectivity index (χ3v) is 6.87. The lowest BCUT2D eigenvalue weighted by atomic mass is 9.92. The van der Waals surface area contributed by atoms with Crippen LogP contribution in [0, 0.1) is 6.92 Å². The number of hydrogen-bond acceptors (Lipinski definition) is 6. The molecule has 0 aliphatic carbocycles. The maximum absolute atomic E-state index is 13.0. The Hall–Kier alpha value is -3.24. The second-order valence-corrected chi connectivity index (χ2v) is 9.68. The van der Waals surface area contributed by atoms with Crippen molar-refractivity contribution in [3.05, 3.63) is 74.4 Å². The van der Waals surface area contributed by atoms with Gasteiger partial charge in [0.15, 0.2) is 5.58 Å². The van der Waals surface area contributed by atoms with Crippen LogP contribution in [0.2, 0.25) is 0 Å². The SMILES string of the molecule is Cc1cc(Br)ccc1-n1cc(C2(O)CCCN(C(=O)Cc3ccc4oc(=O)[nH]c4c3)CC2)nn1. The van der Waals surface area contributed by atoms with Gasteiger partial charge >= 0.3 is 5.76 Å². The number of aliphatic hydroxyl groups is 1. The zero-order chi connectivity index (χ0) is 23.9. The number of likely N-dealkylation sites (tertiary alicyclic amines) is 1. The van der Waals surface area contributed by atoms with E-state index in [-0.39, 0.29) is 12.3 Å². The molecular weight excluding hydrogens is 502 g/mol. The second kappa shape index (κ2) is 8.84. The predicted octanol–water partition coefficient (Wildman–Crippen LogP) is 3.22. The van der Waals surface area contributed by atoms with Gasteiger partial charge in [0.1, 0.15) is 11.3 Å². The van der Waals surface area contributed by atoms with Gasteiger partial charge in [-0.15, -0.1) is 5.10 Å². The number of nitrogens with zero attached hydrogens (tertiary/aromatic N) is 4. The number of aromatic nitrogens is 4. The van der Waals surface area contributed by atoms with E-state index in [9.17, 15) is 14.7 Å². The molecule has 1 atom stereocenters. The lowest BCUT2D eigenvalue weighted by Gasteiger charge is -2.24. The minimum atomic E-state index is -1.15. The van der Waals surface area contributed by atoms with Gasteiger partial charge in [-0.1, -0.05) is 27.2 Å². The van der Waals surface area contributed by atoms with Crippen molar-refractivity contribution in [2.75, 3.05) is 13.1 Å². The molecule has 0 bridgehead atoms. The monoisotopic (exact) mass is 525 g/mol. The van der Waals surface area contributed by atoms with Crippen molar-refractivity contribution in [3.8, 4) is 5.69 Å². The van der Waals surface area contributed by atoms with Crippen molar-refractivity contribution in [2.24, 2.45) is 0 Å². The molecule has 0 spiro atoms. The van der Waals surface area contributed by atoms with Crippen LogP contribution in [0.5, 0.6) is 0 Å². The van der Waals surface area contributed by atoms with Gasteiger partial charge in [0, 0.05) is 17.6 Å². The molecule has 0 saturated carbocycles. The molecule has 1 saturated heterocycles. The zero-order valence-corrected chi connectivity index (χ0v) is 20.2. The molecule has 176 valence electrons. The smallest absolute Gasteiger partial charge is 0.408 e. The van der Waals surface area contributed by atoms with Gasteiger partial charge in [0.25, 0.3) is 0 Å². The number of fused-ring (bicyclic) bond motifs is 1. The first-order valence-electron chi connectivity index (χ1n) is 11.1. The Kier molecular flexibility index (Phi) is 5.86. The van der Waals surface area contributed by atoms with Crippen LogP contribution in [0.4, 0.5) is 0 Å². The maximum atomic E-state index is 13.0. The topological polar surface area (TPSA) is 117 Å². The highest BCUT2D eigenvalue weighted by Crippen LogP contribution is 2.32. The van der Waals surface area contributed by atoms with Gasteiger partial charge in [-0.05, 0) is 67.6 Å². The number of hydrogen-bond donors (Lipinski definition) is 2. The van der Waals surface area contributed by atoms with Crippen molar-refractivity contribution in [2.45, 2.75) is 38.2 Å². The quantitative estimate of drug-likeness (QED) is 0.422. The summed E-state index contributed by atoms with van der Waals surface area (Å²) in [7, 11) is 0. The number of aryl methyl sites for hydroxylation is 1. The molecule has 1 aliphatic rings. The average molecular weight is 526 g/mol. The molecule has 2 N–H and O–H groups in total. The molecule has 9 nitrogen and oxygen atoms in total. The van der Waals surface area contributed by atoms with E-state index in [0.717, 1.165) is 21.3 Å². The molecule has 5 rings (SSSR count). The van der Waals surface area contributed by atoms with Crippen molar-refractivity contribution >= 4 is 32.9 Å². The van der Waals surface area contributed by atoms with Crippen LogP contribution < -0.4 is 5.76 Å². The van der Waals surface area contributed by atoms with Gasteiger partial charge in [0.05, 0.1) is 23.8 Å². The predicted molar refractivity (Wildman–Crippen MR) is 129 cm³/mol. The third kappa shape index (κ3) is 4.43. The minimum Gasteiger partial charge on any atom is -0.408 e. The lowest BCUT2D eigenvalue weighted by Crippen LogP contribution is -2.34. The number of H-pyrrole nitrogens is 1. The number of rotatable bonds is 4. The zero-order valence-electron chi connectivity index (χ0n) is 18.6. The molecule has 0 radical (unpaired) electrons. The summed E-state index contributed by atoms with van der Waals surface area (Å²) in [6.45, 7) is 2.98. The van der Waals surface area contributed by atoms with Gasteiger partial charge < -0.3 is 14.4 Å². The molecule has 1 unspecified atom stereocenters. The van der Waals surface area contributed by atoms with Crippen LogP contribution in [-0.4, -0.2) is 49.0 Å². The van der Waals surface area contributed by atoms with Crippen LogP contribution >= 0.6 is 15.9 Å². The van der Waals surface area contributed by atoms with Crippen molar-refractivity contribution in [1.29, 1.82) is 0 Å². The summed E-state index contributed by atoms with van der Waals surface area (Å²) in [6, 6.07) is 11.1. The first-order chi connectivity index (χ1) is 16.3. The van der Waals surface area contributed by atoms with E-state index in [1.807, 2.05) is 25.1 Å². The molecule has 1 amide bonds. The molecule has 2 aromatic carbocycles. The fourth-order valence-electron chi connectivity index (χ4n) is 4.49.